The molecule has 3 fully saturated rings. The van der Waals surface area contributed by atoms with E-state index in [9.17, 15) is 0 Å². The molecule has 0 heterocycles. The first-order valence-electron chi connectivity index (χ1n) is 7.67. The van der Waals surface area contributed by atoms with Gasteiger partial charge in [0.05, 0.1) is 6.07 Å². The van der Waals surface area contributed by atoms with Crippen LogP contribution in [0.15, 0.2) is 0 Å². The van der Waals surface area contributed by atoms with Crippen molar-refractivity contribution < 1.29 is 0 Å². The van der Waals surface area contributed by atoms with E-state index in [1.807, 2.05) is 0 Å². The monoisotopic (exact) mass is 231 g/mol. The van der Waals surface area contributed by atoms with Crippen LogP contribution in [-0.2, 0) is 0 Å². The molecule has 3 aliphatic rings. The van der Waals surface area contributed by atoms with E-state index in [0.717, 1.165) is 29.6 Å². The lowest BCUT2D eigenvalue weighted by Crippen LogP contribution is -2.41. The first-order valence-corrected chi connectivity index (χ1v) is 7.67. The van der Waals surface area contributed by atoms with E-state index in [-0.39, 0.29) is 0 Å². The van der Waals surface area contributed by atoms with E-state index in [1.165, 1.54) is 51.4 Å². The number of nitrogens with zero attached hydrogens (tertiary/aromatic N) is 1. The summed E-state index contributed by atoms with van der Waals surface area (Å²) in [6.07, 6.45) is 11.1. The molecule has 0 bridgehead atoms. The minimum absolute atomic E-state index is 0.385. The van der Waals surface area contributed by atoms with Crippen LogP contribution < -0.4 is 0 Å². The Bertz CT molecular complexity index is 316. The maximum Gasteiger partial charge on any atom is 0.0655 e. The molecule has 3 rings (SSSR count). The van der Waals surface area contributed by atoms with Crippen LogP contribution in [0.1, 0.15) is 58.3 Å². The Morgan fingerprint density at radius 1 is 0.824 bits per heavy atom. The van der Waals surface area contributed by atoms with Gasteiger partial charge in [0.1, 0.15) is 0 Å². The maximum absolute atomic E-state index is 9.10. The van der Waals surface area contributed by atoms with Crippen molar-refractivity contribution in [3.63, 3.8) is 0 Å². The number of hydrogen-bond acceptors (Lipinski definition) is 1. The molecule has 0 saturated heterocycles. The van der Waals surface area contributed by atoms with Crippen molar-refractivity contribution >= 4 is 0 Å². The Balaban J connectivity index is 1.70. The van der Waals surface area contributed by atoms with Crippen LogP contribution in [0.2, 0.25) is 0 Å². The fourth-order valence-corrected chi connectivity index (χ4v) is 5.15. The molecule has 0 N–H and O–H groups in total. The Morgan fingerprint density at radius 2 is 1.47 bits per heavy atom. The lowest BCUT2D eigenvalue weighted by Gasteiger charge is -2.49. The molecule has 0 aromatic rings. The van der Waals surface area contributed by atoms with Gasteiger partial charge in [-0.2, -0.15) is 5.26 Å². The van der Waals surface area contributed by atoms with Gasteiger partial charge in [-0.05, 0) is 74.5 Å². The molecular formula is C16H25N. The molecule has 0 radical (unpaired) electrons. The van der Waals surface area contributed by atoms with Gasteiger partial charge in [0.2, 0.25) is 0 Å². The Hall–Kier alpha value is -0.510. The number of hydrogen-bond donors (Lipinski definition) is 0. The average Bonchev–Trinajstić information content (AvgIpc) is 2.37. The highest BCUT2D eigenvalue weighted by atomic mass is 14.5. The molecule has 3 aliphatic carbocycles. The number of fused-ring (bicyclic) bond motifs is 3. The first kappa shape index (κ1) is 11.6. The second kappa shape index (κ2) is 4.63. The van der Waals surface area contributed by atoms with Gasteiger partial charge in [-0.15, -0.1) is 0 Å². The van der Waals surface area contributed by atoms with Crippen molar-refractivity contribution in [2.24, 2.45) is 35.5 Å². The van der Waals surface area contributed by atoms with E-state index in [0.29, 0.717) is 5.92 Å². The molecule has 0 spiro atoms. The van der Waals surface area contributed by atoms with Crippen LogP contribution in [0, 0.1) is 46.8 Å². The van der Waals surface area contributed by atoms with E-state index in [1.54, 1.807) is 0 Å². The molecule has 94 valence electrons. The van der Waals surface area contributed by atoms with Crippen LogP contribution in [0.25, 0.3) is 0 Å². The van der Waals surface area contributed by atoms with Crippen molar-refractivity contribution in [2.75, 3.05) is 0 Å². The molecule has 17 heavy (non-hydrogen) atoms. The fourth-order valence-electron chi connectivity index (χ4n) is 5.15. The Labute approximate surface area is 106 Å². The third kappa shape index (κ3) is 2.12. The summed E-state index contributed by atoms with van der Waals surface area (Å²) in [6, 6.07) is 2.52. The zero-order valence-electron chi connectivity index (χ0n) is 11.1. The molecule has 0 aromatic heterocycles. The Morgan fingerprint density at radius 3 is 2.18 bits per heavy atom. The molecule has 0 aromatic carbocycles. The zero-order chi connectivity index (χ0) is 11.8. The van der Waals surface area contributed by atoms with Gasteiger partial charge in [-0.25, -0.2) is 0 Å². The van der Waals surface area contributed by atoms with Gasteiger partial charge < -0.3 is 0 Å². The summed E-state index contributed by atoms with van der Waals surface area (Å²) in [7, 11) is 0. The molecular weight excluding hydrogens is 206 g/mol. The summed E-state index contributed by atoms with van der Waals surface area (Å²) < 4.78 is 0. The minimum Gasteiger partial charge on any atom is -0.198 e. The van der Waals surface area contributed by atoms with Crippen LogP contribution in [-0.4, -0.2) is 0 Å². The second-order valence-electron chi connectivity index (χ2n) is 6.98. The highest BCUT2D eigenvalue weighted by molar-refractivity contribution is 4.97. The highest BCUT2D eigenvalue weighted by Crippen LogP contribution is 2.53. The third-order valence-corrected chi connectivity index (χ3v) is 5.99. The van der Waals surface area contributed by atoms with Gasteiger partial charge in [0.15, 0.2) is 0 Å². The SMILES string of the molecule is C[C@H]1CCC2C(CCC3C[C@@H](C#N)CCC32)C1. The van der Waals surface area contributed by atoms with Gasteiger partial charge in [0, 0.05) is 5.92 Å². The molecule has 4 unspecified atom stereocenters. The van der Waals surface area contributed by atoms with Gasteiger partial charge >= 0.3 is 0 Å². The minimum atomic E-state index is 0.385. The van der Waals surface area contributed by atoms with E-state index in [4.69, 9.17) is 5.26 Å². The van der Waals surface area contributed by atoms with Gasteiger partial charge in [-0.3, -0.25) is 0 Å². The summed E-state index contributed by atoms with van der Waals surface area (Å²) in [5, 5.41) is 9.10. The average molecular weight is 231 g/mol. The van der Waals surface area contributed by atoms with E-state index < -0.39 is 0 Å². The third-order valence-electron chi connectivity index (χ3n) is 5.99. The molecule has 1 heteroatoms. The molecule has 3 saturated carbocycles. The topological polar surface area (TPSA) is 23.8 Å². The van der Waals surface area contributed by atoms with Crippen molar-refractivity contribution in [3.05, 3.63) is 0 Å². The van der Waals surface area contributed by atoms with Crippen molar-refractivity contribution in [1.29, 1.82) is 5.26 Å². The fraction of sp³-hybridized carbons (Fsp3) is 0.938. The van der Waals surface area contributed by atoms with Crippen molar-refractivity contribution in [1.82, 2.24) is 0 Å². The Kier molecular flexibility index (Phi) is 3.16. The predicted octanol–water partition coefficient (Wildman–Crippen LogP) is 4.39. The largest absolute Gasteiger partial charge is 0.198 e. The summed E-state index contributed by atoms with van der Waals surface area (Å²) in [6.45, 7) is 2.44. The standard InChI is InChI=1S/C16H25N/c1-11-2-6-15-13(8-11)4-5-14-9-12(10-17)3-7-16(14)15/h11-16H,2-9H2,1H3/t11-,12-,13?,14?,15?,16?/m0/s1. The van der Waals surface area contributed by atoms with Crippen LogP contribution in [0.5, 0.6) is 0 Å². The lowest BCUT2D eigenvalue weighted by molar-refractivity contribution is 0.00672. The molecule has 0 amide bonds. The summed E-state index contributed by atoms with van der Waals surface area (Å²) in [4.78, 5) is 0. The van der Waals surface area contributed by atoms with Gasteiger partial charge in [0.25, 0.3) is 0 Å². The van der Waals surface area contributed by atoms with Crippen LogP contribution >= 0.6 is 0 Å². The zero-order valence-corrected chi connectivity index (χ0v) is 11.1. The lowest BCUT2D eigenvalue weighted by atomic mass is 9.55. The first-order chi connectivity index (χ1) is 8.28. The van der Waals surface area contributed by atoms with E-state index in [2.05, 4.69) is 13.0 Å². The summed E-state index contributed by atoms with van der Waals surface area (Å²) in [5.74, 6) is 5.33. The van der Waals surface area contributed by atoms with E-state index >= 15 is 0 Å². The van der Waals surface area contributed by atoms with Crippen LogP contribution in [0.4, 0.5) is 0 Å². The van der Waals surface area contributed by atoms with Crippen molar-refractivity contribution in [2.45, 2.75) is 58.3 Å². The molecule has 6 atom stereocenters. The normalized spacial score (nSPS) is 49.9. The smallest absolute Gasteiger partial charge is 0.0655 e. The van der Waals surface area contributed by atoms with Crippen LogP contribution in [0.3, 0.4) is 0 Å². The summed E-state index contributed by atoms with van der Waals surface area (Å²) in [5.41, 5.74) is 0. The predicted molar refractivity (Wildman–Crippen MR) is 69.2 cm³/mol. The highest BCUT2D eigenvalue weighted by Gasteiger charge is 2.43. The second-order valence-corrected chi connectivity index (χ2v) is 6.98. The molecule has 0 aliphatic heterocycles. The maximum atomic E-state index is 9.10. The van der Waals surface area contributed by atoms with Crippen molar-refractivity contribution in [3.8, 4) is 6.07 Å². The van der Waals surface area contributed by atoms with Gasteiger partial charge in [-0.1, -0.05) is 13.3 Å². The summed E-state index contributed by atoms with van der Waals surface area (Å²) >= 11 is 0. The number of nitriles is 1. The number of rotatable bonds is 0. The molecule has 1 nitrogen and oxygen atoms in total. The quantitative estimate of drug-likeness (QED) is 0.606.